The van der Waals surface area contributed by atoms with Gasteiger partial charge in [-0.1, -0.05) is 5.16 Å². The smallest absolute Gasteiger partial charge is 0.280 e. The van der Waals surface area contributed by atoms with Gasteiger partial charge in [-0.25, -0.2) is 0 Å². The summed E-state index contributed by atoms with van der Waals surface area (Å²) in [4.78, 5) is 26.3. The Kier molecular flexibility index (Phi) is 4.92. The van der Waals surface area contributed by atoms with Crippen LogP contribution in [0.5, 0.6) is 0 Å². The Morgan fingerprint density at radius 3 is 2.30 bits per heavy atom. The Balaban J connectivity index is 1.35. The fourth-order valence-electron chi connectivity index (χ4n) is 2.88. The van der Waals surface area contributed by atoms with Crippen LogP contribution in [-0.4, -0.2) is 62.3 Å². The molecule has 2 heterocycles. The van der Waals surface area contributed by atoms with Crippen molar-refractivity contribution in [3.05, 3.63) is 11.8 Å². The summed E-state index contributed by atoms with van der Waals surface area (Å²) in [5, 5.41) is 9.53. The van der Waals surface area contributed by atoms with Crippen LogP contribution in [0, 0.1) is 6.92 Å². The molecular formula is C15H25N5O3+2. The number of nitrogens with one attached hydrogen (secondary N) is 4. The number of piperazine rings is 1. The third kappa shape index (κ3) is 5.04. The predicted molar refractivity (Wildman–Crippen MR) is 82.2 cm³/mol. The van der Waals surface area contributed by atoms with Gasteiger partial charge in [-0.3, -0.25) is 9.59 Å². The fraction of sp³-hybridized carbons (Fsp3) is 0.667. The Labute approximate surface area is 135 Å². The van der Waals surface area contributed by atoms with Gasteiger partial charge < -0.3 is 25.0 Å². The number of anilines is 1. The highest BCUT2D eigenvalue weighted by Gasteiger charge is 2.29. The van der Waals surface area contributed by atoms with E-state index in [0.29, 0.717) is 30.7 Å². The van der Waals surface area contributed by atoms with Gasteiger partial charge in [-0.2, -0.15) is 0 Å². The number of aryl methyl sites for hydroxylation is 1. The van der Waals surface area contributed by atoms with Gasteiger partial charge >= 0.3 is 0 Å². The minimum absolute atomic E-state index is 0.0526. The first kappa shape index (κ1) is 15.9. The van der Waals surface area contributed by atoms with E-state index in [2.05, 4.69) is 15.8 Å². The number of carbonyl (C=O) groups is 2. The third-order valence-electron chi connectivity index (χ3n) is 4.32. The van der Waals surface area contributed by atoms with Crippen molar-refractivity contribution in [2.45, 2.75) is 25.8 Å². The highest BCUT2D eigenvalue weighted by molar-refractivity contribution is 5.90. The lowest BCUT2D eigenvalue weighted by atomic mass is 10.3. The number of hydrogen-bond donors (Lipinski definition) is 4. The topological polar surface area (TPSA) is 93.1 Å². The number of carbonyl (C=O) groups excluding carboxylic acids is 2. The van der Waals surface area contributed by atoms with Gasteiger partial charge in [0.25, 0.3) is 11.8 Å². The maximum absolute atomic E-state index is 12.0. The average molecular weight is 323 g/mol. The zero-order chi connectivity index (χ0) is 16.2. The lowest BCUT2D eigenvalue weighted by Crippen LogP contribution is -3.28. The average Bonchev–Trinajstić information content (AvgIpc) is 3.22. The summed E-state index contributed by atoms with van der Waals surface area (Å²) >= 11 is 0. The van der Waals surface area contributed by atoms with E-state index >= 15 is 0 Å². The summed E-state index contributed by atoms with van der Waals surface area (Å²) in [6.07, 6.45) is 2.25. The lowest BCUT2D eigenvalue weighted by molar-refractivity contribution is -1.00. The van der Waals surface area contributed by atoms with Gasteiger partial charge in [0.1, 0.15) is 31.9 Å². The molecule has 1 aliphatic carbocycles. The summed E-state index contributed by atoms with van der Waals surface area (Å²) < 4.78 is 4.93. The van der Waals surface area contributed by atoms with Crippen molar-refractivity contribution in [3.8, 4) is 0 Å². The zero-order valence-electron chi connectivity index (χ0n) is 13.5. The van der Waals surface area contributed by atoms with E-state index in [1.165, 1.54) is 9.80 Å². The van der Waals surface area contributed by atoms with Crippen LogP contribution < -0.4 is 20.4 Å². The van der Waals surface area contributed by atoms with Crippen LogP contribution in [-0.2, 0) is 9.59 Å². The van der Waals surface area contributed by atoms with E-state index in [9.17, 15) is 9.59 Å². The Bertz CT molecular complexity index is 561. The summed E-state index contributed by atoms with van der Waals surface area (Å²) in [5.41, 5.74) is 0. The molecule has 0 aromatic carbocycles. The molecule has 2 amide bonds. The number of amides is 2. The van der Waals surface area contributed by atoms with E-state index in [1.807, 2.05) is 0 Å². The monoisotopic (exact) mass is 323 g/mol. The number of quaternary nitrogens is 2. The number of aromatic nitrogens is 1. The molecular weight excluding hydrogens is 298 g/mol. The van der Waals surface area contributed by atoms with Crippen molar-refractivity contribution >= 4 is 17.6 Å². The van der Waals surface area contributed by atoms with Gasteiger partial charge in [0.15, 0.2) is 18.9 Å². The molecule has 1 saturated carbocycles. The van der Waals surface area contributed by atoms with Crippen molar-refractivity contribution in [3.63, 3.8) is 0 Å². The van der Waals surface area contributed by atoms with Crippen LogP contribution in [0.4, 0.5) is 5.82 Å². The van der Waals surface area contributed by atoms with Gasteiger partial charge in [0.05, 0.1) is 0 Å². The lowest BCUT2D eigenvalue weighted by Gasteiger charge is -2.28. The molecule has 23 heavy (non-hydrogen) atoms. The summed E-state index contributed by atoms with van der Waals surface area (Å²) in [7, 11) is 0. The van der Waals surface area contributed by atoms with Crippen LogP contribution in [0.1, 0.15) is 18.6 Å². The van der Waals surface area contributed by atoms with E-state index in [4.69, 9.17) is 4.52 Å². The second kappa shape index (κ2) is 7.10. The van der Waals surface area contributed by atoms with Crippen LogP contribution in [0.25, 0.3) is 0 Å². The number of nitrogens with zero attached hydrogens (tertiary/aromatic N) is 1. The van der Waals surface area contributed by atoms with E-state index < -0.39 is 0 Å². The maximum Gasteiger partial charge on any atom is 0.280 e. The first-order valence-corrected chi connectivity index (χ1v) is 8.28. The van der Waals surface area contributed by atoms with E-state index in [1.54, 1.807) is 13.0 Å². The van der Waals surface area contributed by atoms with Crippen molar-refractivity contribution in [2.24, 2.45) is 0 Å². The van der Waals surface area contributed by atoms with Crippen molar-refractivity contribution in [1.82, 2.24) is 10.5 Å². The molecule has 8 heteroatoms. The molecule has 8 nitrogen and oxygen atoms in total. The molecule has 3 rings (SSSR count). The zero-order valence-corrected chi connectivity index (χ0v) is 13.5. The first-order chi connectivity index (χ1) is 11.1. The van der Waals surface area contributed by atoms with Crippen LogP contribution in [0.15, 0.2) is 10.6 Å². The van der Waals surface area contributed by atoms with E-state index in [0.717, 1.165) is 39.0 Å². The Morgan fingerprint density at radius 2 is 1.78 bits per heavy atom. The standard InChI is InChI=1S/C15H23N5O3/c1-11-8-13(18-23-11)17-15(22)10-20-6-4-19(5-7-20)9-14(21)16-12-2-3-12/h8,12H,2-7,9-10H2,1H3,(H,16,21)(H,17,18,22)/p+2. The Morgan fingerprint density at radius 1 is 1.17 bits per heavy atom. The summed E-state index contributed by atoms with van der Waals surface area (Å²) in [5.74, 6) is 1.25. The van der Waals surface area contributed by atoms with Crippen molar-refractivity contribution in [2.75, 3.05) is 44.6 Å². The van der Waals surface area contributed by atoms with Crippen LogP contribution >= 0.6 is 0 Å². The number of hydrogen-bond acceptors (Lipinski definition) is 4. The van der Waals surface area contributed by atoms with Crippen molar-refractivity contribution in [1.29, 1.82) is 0 Å². The van der Waals surface area contributed by atoms with Gasteiger partial charge in [0, 0.05) is 12.1 Å². The second-order valence-corrected chi connectivity index (χ2v) is 6.57. The fourth-order valence-corrected chi connectivity index (χ4v) is 2.88. The molecule has 0 radical (unpaired) electrons. The molecule has 4 N–H and O–H groups in total. The molecule has 126 valence electrons. The molecule has 0 unspecified atom stereocenters. The highest BCUT2D eigenvalue weighted by atomic mass is 16.5. The molecule has 1 aliphatic heterocycles. The number of rotatable bonds is 6. The molecule has 0 spiro atoms. The molecule has 0 atom stereocenters. The predicted octanol–water partition coefficient (Wildman–Crippen LogP) is -3.02. The van der Waals surface area contributed by atoms with Gasteiger partial charge in [-0.05, 0) is 19.8 Å². The summed E-state index contributed by atoms with van der Waals surface area (Å²) in [6.45, 7) is 6.40. The molecule has 2 aliphatic rings. The molecule has 2 fully saturated rings. The molecule has 1 saturated heterocycles. The van der Waals surface area contributed by atoms with Gasteiger partial charge in [-0.15, -0.1) is 0 Å². The maximum atomic E-state index is 12.0. The van der Waals surface area contributed by atoms with Crippen LogP contribution in [0.3, 0.4) is 0 Å². The summed E-state index contributed by atoms with van der Waals surface area (Å²) in [6, 6.07) is 2.13. The second-order valence-electron chi connectivity index (χ2n) is 6.57. The van der Waals surface area contributed by atoms with E-state index in [-0.39, 0.29) is 11.8 Å². The normalized spacial score (nSPS) is 24.2. The molecule has 1 aromatic rings. The van der Waals surface area contributed by atoms with Crippen molar-refractivity contribution < 1.29 is 23.9 Å². The first-order valence-electron chi connectivity index (χ1n) is 8.28. The minimum atomic E-state index is -0.0526. The Hall–Kier alpha value is -1.93. The van der Waals surface area contributed by atoms with Gasteiger partial charge in [0.2, 0.25) is 0 Å². The SMILES string of the molecule is Cc1cc(NC(=O)C[NH+]2CC[NH+](CC(=O)NC3CC3)CC2)no1. The highest BCUT2D eigenvalue weighted by Crippen LogP contribution is 2.17. The third-order valence-corrected chi connectivity index (χ3v) is 4.32. The molecule has 1 aromatic heterocycles. The largest absolute Gasteiger partial charge is 0.360 e. The molecule has 0 bridgehead atoms. The quantitative estimate of drug-likeness (QED) is 0.448. The van der Waals surface area contributed by atoms with Crippen LogP contribution in [0.2, 0.25) is 0 Å². The minimum Gasteiger partial charge on any atom is -0.360 e.